The number of aliphatic hydroxyl groups is 1. The summed E-state index contributed by atoms with van der Waals surface area (Å²) in [5.41, 5.74) is 1.01. The number of aliphatic hydroxyl groups excluding tert-OH is 1. The van der Waals surface area contributed by atoms with E-state index in [4.69, 9.17) is 9.26 Å². The highest BCUT2D eigenvalue weighted by atomic mass is 16.5. The maximum Gasteiger partial charge on any atom is 0.276 e. The molecule has 1 N–H and O–H groups in total. The Morgan fingerprint density at radius 2 is 2.23 bits per heavy atom. The van der Waals surface area contributed by atoms with Crippen molar-refractivity contribution in [1.29, 1.82) is 0 Å². The second-order valence-electron chi connectivity index (χ2n) is 6.28. The van der Waals surface area contributed by atoms with Crippen LogP contribution in [-0.2, 0) is 6.61 Å². The van der Waals surface area contributed by atoms with Crippen LogP contribution in [0.1, 0.15) is 29.1 Å². The normalized spacial score (nSPS) is 17.0. The third kappa shape index (κ3) is 3.13. The van der Waals surface area contributed by atoms with E-state index in [9.17, 15) is 9.90 Å². The second-order valence-corrected chi connectivity index (χ2v) is 6.28. The summed E-state index contributed by atoms with van der Waals surface area (Å²) >= 11 is 0. The molecule has 3 aromatic rings. The molecule has 0 saturated carbocycles. The minimum Gasteiger partial charge on any atom is -0.483 e. The van der Waals surface area contributed by atoms with Crippen LogP contribution in [-0.4, -0.2) is 45.2 Å². The molecule has 1 atom stereocenters. The number of carbonyl (C=O) groups is 1. The predicted octanol–water partition coefficient (Wildman–Crippen LogP) is 2.40. The highest BCUT2D eigenvalue weighted by Gasteiger charge is 2.30. The SMILES string of the molecule is O=C(c1cc(COc2cccc3cccnc23)on1)N1CCC[C@H]1CO. The third-order valence-corrected chi connectivity index (χ3v) is 4.59. The topological polar surface area (TPSA) is 88.7 Å². The van der Waals surface area contributed by atoms with E-state index in [2.05, 4.69) is 10.1 Å². The summed E-state index contributed by atoms with van der Waals surface area (Å²) < 4.78 is 11.0. The van der Waals surface area contributed by atoms with E-state index in [0.29, 0.717) is 18.1 Å². The molecule has 134 valence electrons. The summed E-state index contributed by atoms with van der Waals surface area (Å²) in [6.45, 7) is 0.747. The van der Waals surface area contributed by atoms with E-state index in [0.717, 1.165) is 23.7 Å². The number of benzene rings is 1. The summed E-state index contributed by atoms with van der Waals surface area (Å²) in [4.78, 5) is 18.5. The van der Waals surface area contributed by atoms with Crippen LogP contribution < -0.4 is 4.74 Å². The van der Waals surface area contributed by atoms with Gasteiger partial charge >= 0.3 is 0 Å². The smallest absolute Gasteiger partial charge is 0.276 e. The lowest BCUT2D eigenvalue weighted by Gasteiger charge is -2.21. The highest BCUT2D eigenvalue weighted by Crippen LogP contribution is 2.24. The molecule has 2 aromatic heterocycles. The number of amides is 1. The van der Waals surface area contributed by atoms with Gasteiger partial charge in [0.1, 0.15) is 17.9 Å². The van der Waals surface area contributed by atoms with E-state index in [-0.39, 0.29) is 30.9 Å². The van der Waals surface area contributed by atoms with Gasteiger partial charge in [0.25, 0.3) is 5.91 Å². The average Bonchev–Trinajstić information content (AvgIpc) is 3.35. The summed E-state index contributed by atoms with van der Waals surface area (Å²) in [6.07, 6.45) is 3.41. The van der Waals surface area contributed by atoms with E-state index < -0.39 is 0 Å². The summed E-state index contributed by atoms with van der Waals surface area (Å²) in [5.74, 6) is 0.886. The fourth-order valence-electron chi connectivity index (χ4n) is 3.26. The summed E-state index contributed by atoms with van der Waals surface area (Å²) in [5, 5.41) is 14.2. The largest absolute Gasteiger partial charge is 0.483 e. The van der Waals surface area contributed by atoms with Crippen LogP contribution in [0.2, 0.25) is 0 Å². The van der Waals surface area contributed by atoms with Crippen LogP contribution in [0.3, 0.4) is 0 Å². The molecule has 3 heterocycles. The van der Waals surface area contributed by atoms with Crippen LogP contribution in [0, 0.1) is 0 Å². The number of rotatable bonds is 5. The van der Waals surface area contributed by atoms with Gasteiger partial charge in [-0.2, -0.15) is 0 Å². The zero-order valence-corrected chi connectivity index (χ0v) is 14.2. The van der Waals surface area contributed by atoms with Gasteiger partial charge in [-0.15, -0.1) is 0 Å². The molecule has 0 aliphatic carbocycles. The third-order valence-electron chi connectivity index (χ3n) is 4.59. The van der Waals surface area contributed by atoms with E-state index >= 15 is 0 Å². The fraction of sp³-hybridized carbons (Fsp3) is 0.316. The Morgan fingerprint density at radius 3 is 3.12 bits per heavy atom. The van der Waals surface area contributed by atoms with Crippen LogP contribution in [0.25, 0.3) is 10.9 Å². The number of pyridine rings is 1. The Hall–Kier alpha value is -2.93. The van der Waals surface area contributed by atoms with Gasteiger partial charge in [0, 0.05) is 24.2 Å². The minimum absolute atomic E-state index is 0.0341. The molecule has 1 amide bonds. The molecule has 26 heavy (non-hydrogen) atoms. The number of nitrogens with zero attached hydrogens (tertiary/aromatic N) is 3. The van der Waals surface area contributed by atoms with Crippen LogP contribution in [0.15, 0.2) is 47.1 Å². The molecular formula is C19H19N3O4. The Balaban J connectivity index is 1.46. The number of aromatic nitrogens is 2. The first-order valence-electron chi connectivity index (χ1n) is 8.60. The van der Waals surface area contributed by atoms with Crippen LogP contribution >= 0.6 is 0 Å². The van der Waals surface area contributed by atoms with Crippen molar-refractivity contribution in [2.24, 2.45) is 0 Å². The lowest BCUT2D eigenvalue weighted by Crippen LogP contribution is -2.37. The zero-order valence-electron chi connectivity index (χ0n) is 14.2. The fourth-order valence-corrected chi connectivity index (χ4v) is 3.26. The number of carbonyl (C=O) groups excluding carboxylic acids is 1. The molecule has 0 bridgehead atoms. The lowest BCUT2D eigenvalue weighted by molar-refractivity contribution is 0.0667. The Morgan fingerprint density at radius 1 is 1.35 bits per heavy atom. The second kappa shape index (κ2) is 7.13. The van der Waals surface area contributed by atoms with Gasteiger partial charge in [-0.3, -0.25) is 9.78 Å². The monoisotopic (exact) mass is 353 g/mol. The standard InChI is InChI=1S/C19H19N3O4/c23-11-14-6-3-9-22(14)19(24)16-10-15(26-21-16)12-25-17-7-1-4-13-5-2-8-20-18(13)17/h1-2,4-5,7-8,10,14,23H,3,6,9,11-12H2/t14-/m0/s1. The van der Waals surface area contributed by atoms with Crippen molar-refractivity contribution < 1.29 is 19.2 Å². The average molecular weight is 353 g/mol. The van der Waals surface area contributed by atoms with Crippen molar-refractivity contribution in [2.45, 2.75) is 25.5 Å². The van der Waals surface area contributed by atoms with E-state index in [1.54, 1.807) is 17.2 Å². The maximum atomic E-state index is 12.5. The summed E-state index contributed by atoms with van der Waals surface area (Å²) in [7, 11) is 0. The van der Waals surface area contributed by atoms with Gasteiger partial charge in [-0.25, -0.2) is 0 Å². The van der Waals surface area contributed by atoms with Gasteiger partial charge in [-0.1, -0.05) is 23.4 Å². The minimum atomic E-state index is -0.219. The highest BCUT2D eigenvalue weighted by molar-refractivity contribution is 5.92. The van der Waals surface area contributed by atoms with Gasteiger partial charge in [0.2, 0.25) is 0 Å². The van der Waals surface area contributed by atoms with Crippen molar-refractivity contribution in [1.82, 2.24) is 15.0 Å². The molecule has 0 unspecified atom stereocenters. The zero-order chi connectivity index (χ0) is 17.9. The van der Waals surface area contributed by atoms with Crippen molar-refractivity contribution in [3.63, 3.8) is 0 Å². The molecular weight excluding hydrogens is 334 g/mol. The molecule has 1 saturated heterocycles. The Labute approximate surface area is 150 Å². The van der Waals surface area contributed by atoms with Gasteiger partial charge in [0.15, 0.2) is 11.5 Å². The predicted molar refractivity (Wildman–Crippen MR) is 93.7 cm³/mol. The van der Waals surface area contributed by atoms with Crippen molar-refractivity contribution in [3.05, 3.63) is 54.0 Å². The quantitative estimate of drug-likeness (QED) is 0.758. The van der Waals surface area contributed by atoms with Crippen molar-refractivity contribution in [2.75, 3.05) is 13.2 Å². The first kappa shape index (κ1) is 16.5. The van der Waals surface area contributed by atoms with E-state index in [1.165, 1.54) is 0 Å². The molecule has 4 rings (SSSR count). The molecule has 1 aliphatic heterocycles. The molecule has 7 heteroatoms. The first-order valence-corrected chi connectivity index (χ1v) is 8.60. The molecule has 7 nitrogen and oxygen atoms in total. The molecule has 0 spiro atoms. The van der Waals surface area contributed by atoms with Crippen LogP contribution in [0.4, 0.5) is 0 Å². The molecule has 0 radical (unpaired) electrons. The van der Waals surface area contributed by atoms with Crippen molar-refractivity contribution >= 4 is 16.8 Å². The molecule has 1 aromatic carbocycles. The van der Waals surface area contributed by atoms with E-state index in [1.807, 2.05) is 30.3 Å². The maximum absolute atomic E-state index is 12.5. The van der Waals surface area contributed by atoms with Gasteiger partial charge in [0.05, 0.1) is 12.6 Å². The summed E-state index contributed by atoms with van der Waals surface area (Å²) in [6, 6.07) is 11.0. The Kier molecular flexibility index (Phi) is 4.53. The Bertz CT molecular complexity index is 919. The lowest BCUT2D eigenvalue weighted by atomic mass is 10.2. The number of hydrogen-bond acceptors (Lipinski definition) is 6. The van der Waals surface area contributed by atoms with Crippen LogP contribution in [0.5, 0.6) is 5.75 Å². The number of ether oxygens (including phenoxy) is 1. The number of fused-ring (bicyclic) bond motifs is 1. The number of hydrogen-bond donors (Lipinski definition) is 1. The number of likely N-dealkylation sites (tertiary alicyclic amines) is 1. The van der Waals surface area contributed by atoms with Gasteiger partial charge < -0.3 is 19.3 Å². The molecule has 1 fully saturated rings. The number of para-hydroxylation sites is 1. The van der Waals surface area contributed by atoms with Crippen molar-refractivity contribution in [3.8, 4) is 5.75 Å². The molecule has 1 aliphatic rings. The first-order chi connectivity index (χ1) is 12.8. The van der Waals surface area contributed by atoms with Gasteiger partial charge in [-0.05, 0) is 25.0 Å².